The molecule has 0 aliphatic rings. The Morgan fingerprint density at radius 3 is 0.979 bits per heavy atom. The van der Waals surface area contributed by atoms with Crippen LogP contribution in [0.3, 0.4) is 0 Å². The second kappa shape index (κ2) is 36.5. The molecule has 9 aromatic carbocycles. The normalized spacial score (nSPS) is 10.4. The van der Waals surface area contributed by atoms with Crippen molar-refractivity contribution in [3.05, 3.63) is 239 Å². The van der Waals surface area contributed by atoms with Gasteiger partial charge in [-0.1, -0.05) is 127 Å². The summed E-state index contributed by atoms with van der Waals surface area (Å²) in [6, 6.07) is 60.1. The third-order valence-corrected chi connectivity index (χ3v) is 17.3. The minimum atomic E-state index is -3.93. The number of aromatic nitrogens is 6. The van der Waals surface area contributed by atoms with Gasteiger partial charge >= 0.3 is 0 Å². The van der Waals surface area contributed by atoms with Crippen molar-refractivity contribution < 1.29 is 40.2 Å². The van der Waals surface area contributed by atoms with Crippen molar-refractivity contribution in [2.45, 2.75) is 59.2 Å². The van der Waals surface area contributed by atoms with Crippen molar-refractivity contribution in [3.8, 4) is 23.3 Å². The number of rotatable bonds is 15. The molecular weight excluding hydrogens is 1380 g/mol. The number of hydrogen-bond donors (Lipinski definition) is 8. The van der Waals surface area contributed by atoms with Crippen LogP contribution in [0.25, 0.3) is 33.1 Å². The lowest BCUT2D eigenvalue weighted by atomic mass is 10.3. The molecule has 29 heteroatoms. The van der Waals surface area contributed by atoms with Gasteiger partial charge in [-0.25, -0.2) is 55.2 Å². The van der Waals surface area contributed by atoms with Crippen LogP contribution in [0.4, 0.5) is 46.2 Å². The summed E-state index contributed by atoms with van der Waals surface area (Å²) in [4.78, 5) is 26.4. The summed E-state index contributed by atoms with van der Waals surface area (Å²) in [7, 11) is -11.7. The summed E-state index contributed by atoms with van der Waals surface area (Å²) in [6.07, 6.45) is 0. The summed E-state index contributed by atoms with van der Waals surface area (Å²) in [5.41, 5.74) is 10.6. The van der Waals surface area contributed by atoms with E-state index in [0.717, 1.165) is 0 Å². The number of halogens is 4. The molecule has 0 amide bonds. The fraction of sp³-hybridized carbons (Fsp3) is 0.103. The highest BCUT2D eigenvalue weighted by Crippen LogP contribution is 2.31. The van der Waals surface area contributed by atoms with E-state index in [1.165, 1.54) is 84.9 Å². The topological polar surface area (TPSA) is 339 Å². The zero-order valence-electron chi connectivity index (χ0n) is 46.7. The third-order valence-electron chi connectivity index (χ3n) is 12.2. The number of sulfonamides is 3. The number of phenolic OH excluding ortho intramolecular Hbond substituents is 2. The van der Waals surface area contributed by atoms with E-state index in [9.17, 15) is 30.4 Å². The van der Waals surface area contributed by atoms with Gasteiger partial charge in [0.15, 0.2) is 40.8 Å². The lowest BCUT2D eigenvalue weighted by Gasteiger charge is -2.14. The maximum Gasteiger partial charge on any atom is 0.263 e. The molecule has 0 saturated carbocycles. The first-order chi connectivity index (χ1) is 43.6. The number of nitrogens with two attached hydrogens (primary N) is 1. The summed E-state index contributed by atoms with van der Waals surface area (Å²) in [5, 5.41) is 34.2. The van der Waals surface area contributed by atoms with Gasteiger partial charge in [0.25, 0.3) is 30.1 Å². The Bertz CT molecular complexity index is 4920. The van der Waals surface area contributed by atoms with Crippen LogP contribution in [0.15, 0.2) is 233 Å². The molecule has 0 saturated heterocycles. The van der Waals surface area contributed by atoms with Crippen molar-refractivity contribution in [2.75, 3.05) is 37.1 Å². The predicted molar refractivity (Wildman–Crippen MR) is 396 cm³/mol. The molecular formula is C68H71Cl4N13O9S3. The maximum atomic E-state index is 12.9. The number of ether oxygens (including phenoxy) is 1. The number of fused-ring (bicyclic) bond motifs is 3. The minimum Gasteiger partial charge on any atom is -0.508 e. The van der Waals surface area contributed by atoms with Crippen LogP contribution in [-0.4, -0.2) is 72.0 Å². The Labute approximate surface area is 585 Å². The van der Waals surface area contributed by atoms with Crippen LogP contribution in [0.1, 0.15) is 44.6 Å². The molecule has 0 aliphatic heterocycles. The Hall–Kier alpha value is -10.3. The molecule has 0 radical (unpaired) electrons. The van der Waals surface area contributed by atoms with Gasteiger partial charge < -0.3 is 31.3 Å². The number of nitriles is 1. The van der Waals surface area contributed by atoms with Crippen molar-refractivity contribution in [1.29, 1.82) is 5.26 Å². The van der Waals surface area contributed by atoms with Crippen molar-refractivity contribution in [1.82, 2.24) is 29.9 Å². The predicted octanol–water partition coefficient (Wildman–Crippen LogP) is 17.8. The zero-order chi connectivity index (χ0) is 64.7. The Kier molecular flexibility index (Phi) is 30.5. The molecule has 3 heterocycles. The number of aromatic hydroxyl groups is 2. The van der Waals surface area contributed by atoms with Gasteiger partial charge in [0.05, 0.1) is 47.8 Å². The first kappa shape index (κ1) is 80.9. The molecule has 0 spiro atoms. The molecule has 22 nitrogen and oxygen atoms in total. The van der Waals surface area contributed by atoms with Gasteiger partial charge in [-0.05, 0) is 182 Å². The van der Waals surface area contributed by atoms with E-state index in [0.29, 0.717) is 71.0 Å². The first-order valence-corrected chi connectivity index (χ1v) is 32.3. The summed E-state index contributed by atoms with van der Waals surface area (Å²) >= 11 is 23.5. The Balaban J connectivity index is 0.000000351. The molecule has 97 heavy (non-hydrogen) atoms. The van der Waals surface area contributed by atoms with E-state index in [4.69, 9.17) is 67.2 Å². The Morgan fingerprint density at radius 2 is 0.660 bits per heavy atom. The Morgan fingerprint density at radius 1 is 0.381 bits per heavy atom. The number of hydrogen-bond acceptors (Lipinski definition) is 19. The number of benzene rings is 9. The fourth-order valence-corrected chi connectivity index (χ4v) is 11.4. The van der Waals surface area contributed by atoms with Crippen LogP contribution in [0, 0.1) is 11.3 Å². The molecule has 0 bridgehead atoms. The second-order valence-electron chi connectivity index (χ2n) is 18.7. The quantitative estimate of drug-likeness (QED) is 0.0349. The molecule has 0 unspecified atom stereocenters. The fourth-order valence-electron chi connectivity index (χ4n) is 7.80. The highest BCUT2D eigenvalue weighted by Gasteiger charge is 2.22. The first-order valence-electron chi connectivity index (χ1n) is 26.4. The van der Waals surface area contributed by atoms with Gasteiger partial charge in [-0.2, -0.15) is 5.26 Å². The monoisotopic (exact) mass is 1450 g/mol. The number of nitrogens with zero attached hydrogens (tertiary/aromatic N) is 7. The second-order valence-corrected chi connectivity index (χ2v) is 25.4. The summed E-state index contributed by atoms with van der Waals surface area (Å²) in [6.45, 7) is -0.0560. The number of nitrogens with one attached hydrogen (secondary N) is 5. The maximum absolute atomic E-state index is 12.9. The molecule has 3 aromatic heterocycles. The lowest BCUT2D eigenvalue weighted by Crippen LogP contribution is -2.16. The van der Waals surface area contributed by atoms with E-state index < -0.39 is 30.1 Å². The minimum absolute atomic E-state index is 0. The van der Waals surface area contributed by atoms with Crippen LogP contribution in [0.2, 0.25) is 20.2 Å². The largest absolute Gasteiger partial charge is 0.508 e. The standard InChI is InChI=1S/C22H16ClN5O3S.C20H15ClN4O3S.C14H9Cl2N3O2S.C6H7NO.6CH4/c23-15-5-11-18(12-6-15)32(29,30)28-22-21(26-19-3-1-2-4-20(19)27-22)25-16-7-9-17(10-8-16)31-14-13-24;21-13-5-11-16(12-6-13)29(27,28)25-20-19(22-14-7-9-15(26)10-8-14)23-17-3-1-2-4-18(17)24-20;15-9-5-7-10(8-6-9)22(20,21)19-14-13(16)17-11-3-1-2-4-12(11)18-14;7-5-1-3-6(8)4-2-5;;;;;;/h1-12H,14H2,(H,25,26)(H,27,28);1-12,26H,(H,22,23)(H,24,25);1-8H,(H,18,19);1-4,8H,7H2;6*1H4. The molecule has 12 rings (SSSR count). The van der Waals surface area contributed by atoms with Crippen LogP contribution < -0.4 is 35.3 Å². The molecule has 508 valence electrons. The van der Waals surface area contributed by atoms with Gasteiger partial charge in [-0.15, -0.1) is 0 Å². The number of anilines is 8. The van der Waals surface area contributed by atoms with Gasteiger partial charge in [0.1, 0.15) is 23.3 Å². The average Bonchev–Trinajstić information content (AvgIpc) is 0.814. The van der Waals surface area contributed by atoms with E-state index in [1.54, 1.807) is 121 Å². The number of nitrogen functional groups attached to an aromatic ring is 1. The molecule has 9 N–H and O–H groups in total. The lowest BCUT2D eigenvalue weighted by molar-refractivity contribution is 0.368. The average molecular weight is 1450 g/mol. The molecule has 0 fully saturated rings. The number of para-hydroxylation sites is 6. The van der Waals surface area contributed by atoms with E-state index >= 15 is 0 Å². The zero-order valence-corrected chi connectivity index (χ0v) is 52.2. The van der Waals surface area contributed by atoms with Crippen LogP contribution in [0.5, 0.6) is 17.2 Å². The number of phenols is 2. The van der Waals surface area contributed by atoms with Gasteiger partial charge in [-0.3, -0.25) is 14.2 Å². The highest BCUT2D eigenvalue weighted by molar-refractivity contribution is 7.93. The van der Waals surface area contributed by atoms with E-state index in [2.05, 4.69) is 54.7 Å². The molecule has 0 atom stereocenters. The van der Waals surface area contributed by atoms with Crippen molar-refractivity contribution in [2.24, 2.45) is 0 Å². The summed E-state index contributed by atoms with van der Waals surface area (Å²) in [5.74, 6) is 1.43. The van der Waals surface area contributed by atoms with Crippen LogP contribution in [-0.2, 0) is 30.1 Å². The summed E-state index contributed by atoms with van der Waals surface area (Å²) < 4.78 is 88.7. The van der Waals surface area contributed by atoms with E-state index in [-0.39, 0.29) is 112 Å². The molecule has 0 aliphatic carbocycles. The van der Waals surface area contributed by atoms with Crippen molar-refractivity contribution >= 4 is 156 Å². The van der Waals surface area contributed by atoms with Crippen LogP contribution >= 0.6 is 46.4 Å². The SMILES string of the molecule is C.C.C.C.C.C.N#CCOc1ccc(Nc2nc3ccccc3nc2NS(=O)(=O)c2ccc(Cl)cc2)cc1.Nc1ccc(O)cc1.O=S(=O)(Nc1nc2ccccc2nc1Cl)c1ccc(Cl)cc1.O=S(=O)(Nc1nc2ccccc2nc1Nc1ccc(O)cc1)c1ccc(Cl)cc1. The van der Waals surface area contributed by atoms with E-state index in [1.807, 2.05) is 18.2 Å². The van der Waals surface area contributed by atoms with Crippen molar-refractivity contribution in [3.63, 3.8) is 0 Å². The third kappa shape index (κ3) is 22.4. The molecule has 12 aromatic rings. The smallest absolute Gasteiger partial charge is 0.263 e. The highest BCUT2D eigenvalue weighted by atomic mass is 35.5. The van der Waals surface area contributed by atoms with Gasteiger partial charge in [0, 0.05) is 32.1 Å². The van der Waals surface area contributed by atoms with Gasteiger partial charge in [0.2, 0.25) is 0 Å².